The number of hydrogen-bond donors (Lipinski definition) is 1. The molecule has 0 saturated heterocycles. The monoisotopic (exact) mass is 407 g/mol. The highest BCUT2D eigenvalue weighted by Gasteiger charge is 2.22. The van der Waals surface area contributed by atoms with E-state index in [1.807, 2.05) is 41.3 Å². The fraction of sp³-hybridized carbons (Fsp3) is 0.318. The minimum absolute atomic E-state index is 0.0675. The van der Waals surface area contributed by atoms with Crippen LogP contribution in [0.5, 0.6) is 11.5 Å². The summed E-state index contributed by atoms with van der Waals surface area (Å²) in [7, 11) is 3.25. The Morgan fingerprint density at radius 1 is 1.07 bits per heavy atom. The second kappa shape index (κ2) is 8.86. The molecule has 0 aliphatic carbocycles. The first kappa shape index (κ1) is 19.8. The number of urea groups is 1. The predicted octanol–water partition coefficient (Wildman–Crippen LogP) is 2.61. The molecule has 4 rings (SSSR count). The number of ether oxygens (including phenoxy) is 2. The lowest BCUT2D eigenvalue weighted by Gasteiger charge is -2.29. The number of hydrogen-bond acceptors (Lipinski definition) is 5. The zero-order valence-corrected chi connectivity index (χ0v) is 17.2. The second-order valence-corrected chi connectivity index (χ2v) is 7.22. The van der Waals surface area contributed by atoms with Gasteiger partial charge in [0.15, 0.2) is 11.5 Å². The van der Waals surface area contributed by atoms with Crippen LogP contribution in [0.2, 0.25) is 0 Å². The Kier molecular flexibility index (Phi) is 5.83. The molecule has 1 aliphatic rings. The van der Waals surface area contributed by atoms with Crippen LogP contribution < -0.4 is 14.8 Å². The van der Waals surface area contributed by atoms with Crippen molar-refractivity contribution >= 4 is 6.03 Å². The molecule has 0 radical (unpaired) electrons. The molecule has 1 aliphatic heterocycles. The molecule has 156 valence electrons. The third kappa shape index (κ3) is 4.37. The van der Waals surface area contributed by atoms with Crippen molar-refractivity contribution in [2.75, 3.05) is 20.8 Å². The normalized spacial score (nSPS) is 12.9. The molecular weight excluding hydrogens is 382 g/mol. The van der Waals surface area contributed by atoms with Crippen molar-refractivity contribution < 1.29 is 14.3 Å². The maximum absolute atomic E-state index is 12.7. The number of benzene rings is 2. The van der Waals surface area contributed by atoms with Crippen LogP contribution in [0, 0.1) is 0 Å². The fourth-order valence-electron chi connectivity index (χ4n) is 3.61. The van der Waals surface area contributed by atoms with Gasteiger partial charge in [0.2, 0.25) is 0 Å². The first-order chi connectivity index (χ1) is 14.7. The standard InChI is InChI=1S/C22H25N5O3/c1-29-20-9-18-7-8-26(13-19(18)10-21(20)30-2)22(28)24-11-16-3-5-17(6-4-16)12-27-15-23-14-25-27/h3-6,9-10,14-15H,7-8,11-13H2,1-2H3,(H,24,28). The number of amides is 2. The Hall–Kier alpha value is -3.55. The summed E-state index contributed by atoms with van der Waals surface area (Å²) in [5, 5.41) is 7.13. The van der Waals surface area contributed by atoms with Crippen molar-refractivity contribution in [2.24, 2.45) is 0 Å². The first-order valence-corrected chi connectivity index (χ1v) is 9.83. The van der Waals surface area contributed by atoms with Gasteiger partial charge < -0.3 is 19.7 Å². The summed E-state index contributed by atoms with van der Waals surface area (Å²) in [6.07, 6.45) is 4.01. The molecule has 2 aromatic carbocycles. The molecule has 8 heteroatoms. The Labute approximate surface area is 175 Å². The van der Waals surface area contributed by atoms with Gasteiger partial charge in [0.25, 0.3) is 0 Å². The molecular formula is C22H25N5O3. The van der Waals surface area contributed by atoms with Gasteiger partial charge in [-0.1, -0.05) is 24.3 Å². The van der Waals surface area contributed by atoms with Gasteiger partial charge in [0.05, 0.1) is 20.8 Å². The van der Waals surface area contributed by atoms with Gasteiger partial charge in [0, 0.05) is 19.6 Å². The number of nitrogens with zero attached hydrogens (tertiary/aromatic N) is 4. The number of aromatic nitrogens is 3. The fourth-order valence-corrected chi connectivity index (χ4v) is 3.61. The molecule has 0 spiro atoms. The third-order valence-electron chi connectivity index (χ3n) is 5.28. The lowest BCUT2D eigenvalue weighted by molar-refractivity contribution is 0.191. The molecule has 0 bridgehead atoms. The average Bonchev–Trinajstić information content (AvgIpc) is 3.30. The van der Waals surface area contributed by atoms with E-state index in [0.717, 1.165) is 28.9 Å². The summed E-state index contributed by atoms with van der Waals surface area (Å²) in [6.45, 7) is 2.38. The van der Waals surface area contributed by atoms with Gasteiger partial charge in [-0.15, -0.1) is 0 Å². The van der Waals surface area contributed by atoms with Crippen molar-refractivity contribution in [1.82, 2.24) is 25.0 Å². The molecule has 0 atom stereocenters. The van der Waals surface area contributed by atoms with E-state index >= 15 is 0 Å². The largest absolute Gasteiger partial charge is 0.493 e. The van der Waals surface area contributed by atoms with Crippen molar-refractivity contribution in [1.29, 1.82) is 0 Å². The van der Waals surface area contributed by atoms with Crippen LogP contribution in [0.15, 0.2) is 49.1 Å². The molecule has 0 saturated carbocycles. The summed E-state index contributed by atoms with van der Waals surface area (Å²) in [5.41, 5.74) is 4.47. The van der Waals surface area contributed by atoms with Gasteiger partial charge in [-0.25, -0.2) is 14.5 Å². The lowest BCUT2D eigenvalue weighted by Crippen LogP contribution is -2.42. The van der Waals surface area contributed by atoms with E-state index in [2.05, 4.69) is 15.4 Å². The second-order valence-electron chi connectivity index (χ2n) is 7.22. The van der Waals surface area contributed by atoms with Crippen molar-refractivity contribution in [3.05, 3.63) is 71.3 Å². The molecule has 30 heavy (non-hydrogen) atoms. The van der Waals surface area contributed by atoms with E-state index in [1.54, 1.807) is 25.2 Å². The highest BCUT2D eigenvalue weighted by atomic mass is 16.5. The number of rotatable bonds is 6. The van der Waals surface area contributed by atoms with E-state index in [0.29, 0.717) is 31.9 Å². The van der Waals surface area contributed by atoms with E-state index < -0.39 is 0 Å². The lowest BCUT2D eigenvalue weighted by atomic mass is 9.99. The predicted molar refractivity (Wildman–Crippen MR) is 111 cm³/mol. The Balaban J connectivity index is 1.33. The molecule has 1 N–H and O–H groups in total. The van der Waals surface area contributed by atoms with E-state index in [4.69, 9.17) is 9.47 Å². The summed E-state index contributed by atoms with van der Waals surface area (Å²) in [6, 6.07) is 12.0. The molecule has 0 unspecified atom stereocenters. The van der Waals surface area contributed by atoms with Crippen LogP contribution in [-0.2, 0) is 26.1 Å². The van der Waals surface area contributed by atoms with Crippen molar-refractivity contribution in [2.45, 2.75) is 26.1 Å². The highest BCUT2D eigenvalue weighted by Crippen LogP contribution is 2.33. The van der Waals surface area contributed by atoms with Gasteiger partial charge in [-0.05, 0) is 40.8 Å². The van der Waals surface area contributed by atoms with Crippen LogP contribution in [0.3, 0.4) is 0 Å². The van der Waals surface area contributed by atoms with Gasteiger partial charge >= 0.3 is 6.03 Å². The Morgan fingerprint density at radius 3 is 2.43 bits per heavy atom. The quantitative estimate of drug-likeness (QED) is 0.679. The smallest absolute Gasteiger partial charge is 0.317 e. The topological polar surface area (TPSA) is 81.5 Å². The maximum atomic E-state index is 12.7. The number of fused-ring (bicyclic) bond motifs is 1. The van der Waals surface area contributed by atoms with E-state index in [-0.39, 0.29) is 6.03 Å². The molecule has 1 aromatic heterocycles. The average molecular weight is 407 g/mol. The molecule has 2 amide bonds. The number of carbonyl (C=O) groups excluding carboxylic acids is 1. The maximum Gasteiger partial charge on any atom is 0.317 e. The number of carbonyl (C=O) groups is 1. The van der Waals surface area contributed by atoms with Crippen LogP contribution in [0.1, 0.15) is 22.3 Å². The zero-order valence-electron chi connectivity index (χ0n) is 17.2. The number of nitrogens with one attached hydrogen (secondary N) is 1. The molecule has 0 fully saturated rings. The molecule has 3 aromatic rings. The SMILES string of the molecule is COc1cc2c(cc1OC)CN(C(=O)NCc1ccc(Cn3cncn3)cc1)CC2. The Bertz CT molecular complexity index is 1000. The van der Waals surface area contributed by atoms with Gasteiger partial charge in [-0.3, -0.25) is 0 Å². The highest BCUT2D eigenvalue weighted by molar-refractivity contribution is 5.74. The van der Waals surface area contributed by atoms with Crippen LogP contribution in [0.25, 0.3) is 0 Å². The minimum atomic E-state index is -0.0675. The van der Waals surface area contributed by atoms with E-state index in [9.17, 15) is 4.79 Å². The Morgan fingerprint density at radius 2 is 1.77 bits per heavy atom. The van der Waals surface area contributed by atoms with Crippen LogP contribution >= 0.6 is 0 Å². The molecule has 2 heterocycles. The summed E-state index contributed by atoms with van der Waals surface area (Å²) >= 11 is 0. The van der Waals surface area contributed by atoms with Gasteiger partial charge in [-0.2, -0.15) is 5.10 Å². The third-order valence-corrected chi connectivity index (χ3v) is 5.28. The van der Waals surface area contributed by atoms with Crippen molar-refractivity contribution in [3.8, 4) is 11.5 Å². The summed E-state index contributed by atoms with van der Waals surface area (Å²) in [4.78, 5) is 18.5. The summed E-state index contributed by atoms with van der Waals surface area (Å²) in [5.74, 6) is 1.41. The van der Waals surface area contributed by atoms with E-state index in [1.165, 1.54) is 11.9 Å². The van der Waals surface area contributed by atoms with Crippen LogP contribution in [0.4, 0.5) is 4.79 Å². The van der Waals surface area contributed by atoms with Crippen molar-refractivity contribution in [3.63, 3.8) is 0 Å². The van der Waals surface area contributed by atoms with Crippen LogP contribution in [-0.4, -0.2) is 46.5 Å². The zero-order chi connectivity index (χ0) is 20.9. The number of methoxy groups -OCH3 is 2. The minimum Gasteiger partial charge on any atom is -0.493 e. The van der Waals surface area contributed by atoms with Gasteiger partial charge in [0.1, 0.15) is 12.7 Å². The molecule has 8 nitrogen and oxygen atoms in total. The summed E-state index contributed by atoms with van der Waals surface area (Å²) < 4.78 is 12.5. The first-order valence-electron chi connectivity index (χ1n) is 9.83.